The van der Waals surface area contributed by atoms with Crippen LogP contribution >= 0.6 is 22.6 Å². The number of methoxy groups -OCH3 is 1. The lowest BCUT2D eigenvalue weighted by atomic mass is 10.1. The molecule has 110 valence electrons. The van der Waals surface area contributed by atoms with Crippen LogP contribution in [-0.2, 0) is 9.53 Å². The van der Waals surface area contributed by atoms with Crippen molar-refractivity contribution in [2.75, 3.05) is 13.7 Å². The highest BCUT2D eigenvalue weighted by molar-refractivity contribution is 14.1. The van der Waals surface area contributed by atoms with Crippen LogP contribution in [0.15, 0.2) is 6.07 Å². The summed E-state index contributed by atoms with van der Waals surface area (Å²) in [4.78, 5) is 22.7. The zero-order chi connectivity index (χ0) is 15.4. The molecule has 0 fully saturated rings. The minimum atomic E-state index is -1.78. The number of phenols is 1. The van der Waals surface area contributed by atoms with Crippen molar-refractivity contribution < 1.29 is 32.6 Å². The highest BCUT2D eigenvalue weighted by atomic mass is 127. The molecule has 0 aromatic heterocycles. The molecule has 1 amide bonds. The van der Waals surface area contributed by atoms with Gasteiger partial charge in [0.25, 0.3) is 5.91 Å². The summed E-state index contributed by atoms with van der Waals surface area (Å²) in [7, 11) is 1.16. The summed E-state index contributed by atoms with van der Waals surface area (Å²) in [6.07, 6.45) is 0. The van der Waals surface area contributed by atoms with E-state index in [0.29, 0.717) is 6.07 Å². The fourth-order valence-electron chi connectivity index (χ4n) is 1.24. The van der Waals surface area contributed by atoms with Gasteiger partial charge in [0.15, 0.2) is 17.4 Å². The Hall–Kier alpha value is -1.52. The summed E-state index contributed by atoms with van der Waals surface area (Å²) in [6.45, 7) is -0.203. The van der Waals surface area contributed by atoms with Gasteiger partial charge in [0.2, 0.25) is 5.82 Å². The lowest BCUT2D eigenvalue weighted by Crippen LogP contribution is -2.34. The van der Waals surface area contributed by atoms with Crippen LogP contribution in [0.3, 0.4) is 0 Å². The molecule has 0 aliphatic heterocycles. The third-order valence-electron chi connectivity index (χ3n) is 2.28. The molecule has 0 bridgehead atoms. The Morgan fingerprint density at radius 1 is 1.40 bits per heavy atom. The van der Waals surface area contributed by atoms with Gasteiger partial charge in [-0.25, -0.2) is 8.78 Å². The third-order valence-corrected chi connectivity index (χ3v) is 3.23. The largest absolute Gasteiger partial charge is 0.503 e. The predicted octanol–water partition coefficient (Wildman–Crippen LogP) is 1.52. The van der Waals surface area contributed by atoms with Crippen LogP contribution in [0, 0.1) is 17.5 Å². The first-order chi connectivity index (χ1) is 9.29. The maximum Gasteiger partial charge on any atom is 0.320 e. The van der Waals surface area contributed by atoms with Crippen molar-refractivity contribution in [3.63, 3.8) is 0 Å². The second-order valence-corrected chi connectivity index (χ2v) is 5.09. The van der Waals surface area contributed by atoms with Crippen LogP contribution in [0.25, 0.3) is 0 Å². The minimum absolute atomic E-state index is 0.203. The van der Waals surface area contributed by atoms with Gasteiger partial charge in [0.1, 0.15) is 3.92 Å². The molecule has 0 aliphatic rings. The molecule has 1 unspecified atom stereocenters. The first kappa shape index (κ1) is 16.5. The van der Waals surface area contributed by atoms with Crippen LogP contribution in [0.4, 0.5) is 13.2 Å². The minimum Gasteiger partial charge on any atom is -0.503 e. The molecule has 0 aliphatic carbocycles. The fourth-order valence-corrected chi connectivity index (χ4v) is 1.72. The van der Waals surface area contributed by atoms with Gasteiger partial charge in [-0.3, -0.25) is 9.59 Å². The number of benzene rings is 1. The lowest BCUT2D eigenvalue weighted by Gasteiger charge is -2.10. The molecule has 2 N–H and O–H groups in total. The van der Waals surface area contributed by atoms with Crippen LogP contribution in [0.1, 0.15) is 10.4 Å². The van der Waals surface area contributed by atoms with E-state index in [4.69, 9.17) is 5.11 Å². The number of aromatic hydroxyl groups is 1. The molecular formula is C11H9F3INO4. The van der Waals surface area contributed by atoms with Crippen molar-refractivity contribution in [3.05, 3.63) is 29.1 Å². The number of esters is 1. The Morgan fingerprint density at radius 2 is 2.00 bits per heavy atom. The van der Waals surface area contributed by atoms with Crippen molar-refractivity contribution in [1.29, 1.82) is 0 Å². The Balaban J connectivity index is 2.86. The number of amides is 1. The lowest BCUT2D eigenvalue weighted by molar-refractivity contribution is -0.139. The second kappa shape index (κ2) is 6.77. The van der Waals surface area contributed by atoms with Crippen molar-refractivity contribution in [2.24, 2.45) is 0 Å². The van der Waals surface area contributed by atoms with E-state index in [1.807, 2.05) is 0 Å². The molecule has 1 aromatic rings. The molecule has 1 atom stereocenters. The molecule has 0 saturated carbocycles. The summed E-state index contributed by atoms with van der Waals surface area (Å²) in [5, 5.41) is 11.1. The van der Waals surface area contributed by atoms with Gasteiger partial charge in [-0.1, -0.05) is 22.6 Å². The number of phenolic OH excluding ortho intramolecular Hbond substituents is 1. The van der Waals surface area contributed by atoms with E-state index in [1.165, 1.54) is 0 Å². The van der Waals surface area contributed by atoms with Crippen LogP contribution in [0.2, 0.25) is 0 Å². The SMILES string of the molecule is COC(=O)C(I)CNC(=O)c1cc(F)c(F)c(O)c1F. The molecule has 0 saturated heterocycles. The van der Waals surface area contributed by atoms with Gasteiger partial charge in [-0.15, -0.1) is 0 Å². The Bertz CT molecular complexity index is 553. The number of ether oxygens (including phenoxy) is 1. The van der Waals surface area contributed by atoms with E-state index < -0.39 is 44.6 Å². The second-order valence-electron chi connectivity index (χ2n) is 3.58. The van der Waals surface area contributed by atoms with Gasteiger partial charge >= 0.3 is 5.97 Å². The quantitative estimate of drug-likeness (QED) is 0.346. The fraction of sp³-hybridized carbons (Fsp3) is 0.273. The Kier molecular flexibility index (Phi) is 5.60. The number of carbonyl (C=O) groups is 2. The van der Waals surface area contributed by atoms with Gasteiger partial charge in [-0.2, -0.15) is 4.39 Å². The van der Waals surface area contributed by atoms with Crippen molar-refractivity contribution in [2.45, 2.75) is 3.92 Å². The first-order valence-electron chi connectivity index (χ1n) is 5.16. The number of carbonyl (C=O) groups excluding carboxylic acids is 2. The van der Waals surface area contributed by atoms with Crippen LogP contribution in [0.5, 0.6) is 5.75 Å². The van der Waals surface area contributed by atoms with E-state index in [1.54, 1.807) is 22.6 Å². The van der Waals surface area contributed by atoms with Crippen molar-refractivity contribution in [1.82, 2.24) is 5.32 Å². The number of halogens is 4. The van der Waals surface area contributed by atoms with Gasteiger partial charge in [-0.05, 0) is 6.07 Å². The zero-order valence-corrected chi connectivity index (χ0v) is 12.2. The van der Waals surface area contributed by atoms with Gasteiger partial charge < -0.3 is 15.2 Å². The molecule has 20 heavy (non-hydrogen) atoms. The van der Waals surface area contributed by atoms with E-state index in [9.17, 15) is 22.8 Å². The summed E-state index contributed by atoms with van der Waals surface area (Å²) in [5.74, 6) is -8.20. The van der Waals surface area contributed by atoms with Crippen molar-refractivity contribution in [3.8, 4) is 5.75 Å². The standard InChI is InChI=1S/C11H9F3INO4/c1-20-11(19)6(15)3-16-10(18)4-2-5(12)8(14)9(17)7(4)13/h2,6,17H,3H2,1H3,(H,16,18). The Morgan fingerprint density at radius 3 is 2.55 bits per heavy atom. The summed E-state index contributed by atoms with van der Waals surface area (Å²) in [5.41, 5.74) is -0.866. The number of hydrogen-bond donors (Lipinski definition) is 2. The normalized spacial score (nSPS) is 11.8. The summed E-state index contributed by atoms with van der Waals surface area (Å²) in [6, 6.07) is 0.320. The number of nitrogens with one attached hydrogen (secondary N) is 1. The molecule has 0 heterocycles. The van der Waals surface area contributed by atoms with Gasteiger partial charge in [0.05, 0.1) is 12.7 Å². The topological polar surface area (TPSA) is 75.6 Å². The summed E-state index contributed by atoms with van der Waals surface area (Å²) >= 11 is 1.68. The number of hydrogen-bond acceptors (Lipinski definition) is 4. The van der Waals surface area contributed by atoms with E-state index in [0.717, 1.165) is 7.11 Å². The van der Waals surface area contributed by atoms with E-state index in [-0.39, 0.29) is 6.54 Å². The molecule has 1 aromatic carbocycles. The highest BCUT2D eigenvalue weighted by Gasteiger charge is 2.23. The highest BCUT2D eigenvalue weighted by Crippen LogP contribution is 2.25. The monoisotopic (exact) mass is 403 g/mol. The number of rotatable bonds is 4. The Labute approximate surface area is 125 Å². The molecule has 9 heteroatoms. The van der Waals surface area contributed by atoms with Crippen LogP contribution in [-0.4, -0.2) is 34.6 Å². The zero-order valence-electron chi connectivity index (χ0n) is 10.0. The molecule has 0 spiro atoms. The summed E-state index contributed by atoms with van der Waals surface area (Å²) < 4.78 is 43.0. The molecule has 5 nitrogen and oxygen atoms in total. The molecule has 1 rings (SSSR count). The van der Waals surface area contributed by atoms with Gasteiger partial charge in [0, 0.05) is 6.54 Å². The predicted molar refractivity (Wildman–Crippen MR) is 70.1 cm³/mol. The third kappa shape index (κ3) is 3.52. The maximum atomic E-state index is 13.4. The maximum absolute atomic E-state index is 13.4. The first-order valence-corrected chi connectivity index (χ1v) is 6.40. The smallest absolute Gasteiger partial charge is 0.320 e. The van der Waals surface area contributed by atoms with E-state index >= 15 is 0 Å². The number of alkyl halides is 1. The molecular weight excluding hydrogens is 394 g/mol. The molecule has 0 radical (unpaired) electrons. The average molecular weight is 403 g/mol. The van der Waals surface area contributed by atoms with E-state index in [2.05, 4.69) is 10.1 Å². The van der Waals surface area contributed by atoms with Crippen LogP contribution < -0.4 is 5.32 Å². The van der Waals surface area contributed by atoms with Crippen molar-refractivity contribution >= 4 is 34.5 Å². The average Bonchev–Trinajstić information content (AvgIpc) is 2.44.